The summed E-state index contributed by atoms with van der Waals surface area (Å²) < 4.78 is 56.8. The first kappa shape index (κ1) is 25.9. The molecule has 0 amide bonds. The van der Waals surface area contributed by atoms with Crippen molar-refractivity contribution < 1.29 is 17.6 Å². The third-order valence-electron chi connectivity index (χ3n) is 7.44. The summed E-state index contributed by atoms with van der Waals surface area (Å²) >= 11 is 0. The highest BCUT2D eigenvalue weighted by molar-refractivity contribution is 5.77. The molecule has 0 radical (unpaired) electrons. The van der Waals surface area contributed by atoms with Crippen LogP contribution in [0.4, 0.5) is 29.2 Å². The Kier molecular flexibility index (Phi) is 5.74. The Morgan fingerprint density at radius 3 is 2.65 bits per heavy atom. The van der Waals surface area contributed by atoms with E-state index in [0.29, 0.717) is 15.1 Å². The van der Waals surface area contributed by atoms with Gasteiger partial charge in [-0.25, -0.2) is 23.7 Å². The van der Waals surface area contributed by atoms with Crippen LogP contribution in [0.15, 0.2) is 41.3 Å². The smallest absolute Gasteiger partial charge is 0.324 e. The van der Waals surface area contributed by atoms with E-state index in [1.807, 2.05) is 24.3 Å². The summed E-state index contributed by atoms with van der Waals surface area (Å²) in [6.45, 7) is 2.23. The van der Waals surface area contributed by atoms with Crippen molar-refractivity contribution >= 4 is 22.7 Å². The average molecular weight is 553 g/mol. The first-order valence-corrected chi connectivity index (χ1v) is 12.7. The number of hydrogen-bond donors (Lipinski definition) is 2. The van der Waals surface area contributed by atoms with Crippen LogP contribution in [0.2, 0.25) is 0 Å². The standard InChI is InChI=1S/C27H24F4N8O/c1-25(2,13-32)20-6-5-19(28)22(36-20)39-21-17(23(40)38(39)14-27(29,30)31)12-33-24(37-21)35-16-3-4-18-15(11-16)7-10-34-26(18)8-9-26/h3-6,11-12,34H,7-10,14H2,1-2H3,(H,33,35,37). The van der Waals surface area contributed by atoms with E-state index in [2.05, 4.69) is 25.6 Å². The maximum Gasteiger partial charge on any atom is 0.408 e. The summed E-state index contributed by atoms with van der Waals surface area (Å²) in [5.41, 5.74) is 0.767. The van der Waals surface area contributed by atoms with Crippen LogP contribution in [0.25, 0.3) is 16.9 Å². The number of nitrogens with one attached hydrogen (secondary N) is 2. The molecule has 1 saturated carbocycles. The van der Waals surface area contributed by atoms with Gasteiger partial charge in [0, 0.05) is 24.0 Å². The number of anilines is 2. The summed E-state index contributed by atoms with van der Waals surface area (Å²) in [5, 5.41) is 15.9. The van der Waals surface area contributed by atoms with Gasteiger partial charge >= 0.3 is 6.18 Å². The number of nitrogens with zero attached hydrogens (tertiary/aromatic N) is 6. The summed E-state index contributed by atoms with van der Waals surface area (Å²) in [6, 6.07) is 10.2. The van der Waals surface area contributed by atoms with Crippen LogP contribution in [0.1, 0.15) is 43.5 Å². The molecule has 0 saturated heterocycles. The molecule has 4 heterocycles. The Bertz CT molecular complexity index is 1760. The third kappa shape index (κ3) is 4.38. The fourth-order valence-corrected chi connectivity index (χ4v) is 5.18. The van der Waals surface area contributed by atoms with Gasteiger partial charge in [-0.15, -0.1) is 0 Å². The first-order valence-electron chi connectivity index (χ1n) is 12.7. The van der Waals surface area contributed by atoms with Crippen LogP contribution in [0.5, 0.6) is 0 Å². The van der Waals surface area contributed by atoms with Gasteiger partial charge in [-0.05, 0) is 68.5 Å². The molecule has 40 heavy (non-hydrogen) atoms. The number of hydrogen-bond acceptors (Lipinski definition) is 7. The van der Waals surface area contributed by atoms with E-state index in [1.165, 1.54) is 31.0 Å². The van der Waals surface area contributed by atoms with E-state index in [-0.39, 0.29) is 28.2 Å². The van der Waals surface area contributed by atoms with Gasteiger partial charge in [0.1, 0.15) is 11.9 Å². The van der Waals surface area contributed by atoms with Crippen molar-refractivity contribution in [3.8, 4) is 11.9 Å². The normalized spacial score (nSPS) is 16.1. The van der Waals surface area contributed by atoms with Crippen molar-refractivity contribution in [2.75, 3.05) is 11.9 Å². The van der Waals surface area contributed by atoms with Crippen LogP contribution in [-0.2, 0) is 23.9 Å². The molecule has 9 nitrogen and oxygen atoms in total. The lowest BCUT2D eigenvalue weighted by Gasteiger charge is -2.27. The van der Waals surface area contributed by atoms with Gasteiger partial charge in [-0.1, -0.05) is 6.07 Å². The predicted octanol–water partition coefficient (Wildman–Crippen LogP) is 4.36. The number of fused-ring (bicyclic) bond motifs is 3. The molecule has 13 heteroatoms. The molecule has 0 unspecified atom stereocenters. The van der Waals surface area contributed by atoms with Crippen LogP contribution in [-0.4, -0.2) is 37.0 Å². The zero-order chi connectivity index (χ0) is 28.4. The minimum absolute atomic E-state index is 0.00865. The second-order valence-electron chi connectivity index (χ2n) is 10.7. The third-order valence-corrected chi connectivity index (χ3v) is 7.44. The molecule has 6 rings (SSSR count). The summed E-state index contributed by atoms with van der Waals surface area (Å²) in [6.07, 6.45) is -0.695. The van der Waals surface area contributed by atoms with Crippen molar-refractivity contribution in [2.45, 2.75) is 56.8 Å². The first-order chi connectivity index (χ1) is 18.9. The monoisotopic (exact) mass is 552 g/mol. The van der Waals surface area contributed by atoms with Gasteiger partial charge in [0.05, 0.1) is 17.2 Å². The van der Waals surface area contributed by atoms with Crippen molar-refractivity contribution in [1.29, 1.82) is 5.26 Å². The second-order valence-corrected chi connectivity index (χ2v) is 10.7. The summed E-state index contributed by atoms with van der Waals surface area (Å²) in [7, 11) is 0. The Labute approximate surface area is 225 Å². The number of aromatic nitrogens is 5. The molecule has 206 valence electrons. The fraction of sp³-hybridized carbons (Fsp3) is 0.370. The van der Waals surface area contributed by atoms with Gasteiger partial charge < -0.3 is 10.6 Å². The van der Waals surface area contributed by atoms with E-state index in [1.54, 1.807) is 0 Å². The van der Waals surface area contributed by atoms with Crippen LogP contribution in [0, 0.1) is 17.1 Å². The highest BCUT2D eigenvalue weighted by Crippen LogP contribution is 2.49. The quantitative estimate of drug-likeness (QED) is 0.354. The second kappa shape index (κ2) is 8.85. The van der Waals surface area contributed by atoms with Gasteiger partial charge in [-0.2, -0.15) is 23.4 Å². The number of halogens is 4. The number of pyridine rings is 1. The minimum Gasteiger partial charge on any atom is -0.324 e. The van der Waals surface area contributed by atoms with E-state index in [9.17, 15) is 23.2 Å². The molecule has 1 aliphatic heterocycles. The Morgan fingerprint density at radius 1 is 1.18 bits per heavy atom. The largest absolute Gasteiger partial charge is 0.408 e. The average Bonchev–Trinajstić information content (AvgIpc) is 3.62. The van der Waals surface area contributed by atoms with Crippen LogP contribution >= 0.6 is 0 Å². The number of rotatable bonds is 5. The maximum absolute atomic E-state index is 15.1. The topological polar surface area (TPSA) is 113 Å². The molecular weight excluding hydrogens is 528 g/mol. The summed E-state index contributed by atoms with van der Waals surface area (Å²) in [5.74, 6) is -1.57. The molecule has 2 N–H and O–H groups in total. The molecule has 1 fully saturated rings. The molecular formula is C27H24F4N8O. The highest BCUT2D eigenvalue weighted by atomic mass is 19.4. The fourth-order valence-electron chi connectivity index (χ4n) is 5.18. The lowest BCUT2D eigenvalue weighted by Crippen LogP contribution is -2.36. The van der Waals surface area contributed by atoms with Crippen LogP contribution in [0.3, 0.4) is 0 Å². The SMILES string of the molecule is CC(C)(C#N)c1ccc(F)c(-n2c3nc(Nc4ccc5c(c4)CCNC54CC4)ncc3c(=O)n2CC(F)(F)F)n1. The van der Waals surface area contributed by atoms with Gasteiger partial charge in [-0.3, -0.25) is 4.79 Å². The van der Waals surface area contributed by atoms with Crippen LogP contribution < -0.4 is 16.2 Å². The lowest BCUT2D eigenvalue weighted by atomic mass is 9.91. The molecule has 4 aromatic rings. The Hall–Kier alpha value is -4.31. The van der Waals surface area contributed by atoms with Crippen molar-refractivity contribution in [3.05, 3.63) is 69.5 Å². The Balaban J connectivity index is 1.48. The van der Waals surface area contributed by atoms with Gasteiger partial charge in [0.2, 0.25) is 5.95 Å². The van der Waals surface area contributed by atoms with Gasteiger partial charge in [0.25, 0.3) is 5.56 Å². The lowest BCUT2D eigenvalue weighted by molar-refractivity contribution is -0.144. The number of alkyl halides is 3. The zero-order valence-electron chi connectivity index (χ0n) is 21.6. The molecule has 2 aliphatic rings. The van der Waals surface area contributed by atoms with Crippen molar-refractivity contribution in [3.63, 3.8) is 0 Å². The maximum atomic E-state index is 15.1. The number of benzene rings is 1. The predicted molar refractivity (Wildman–Crippen MR) is 138 cm³/mol. The minimum atomic E-state index is -4.80. The van der Waals surface area contributed by atoms with E-state index in [4.69, 9.17) is 0 Å². The molecule has 3 aromatic heterocycles. The van der Waals surface area contributed by atoms with E-state index < -0.39 is 35.3 Å². The van der Waals surface area contributed by atoms with E-state index >= 15 is 4.39 Å². The van der Waals surface area contributed by atoms with Crippen molar-refractivity contribution in [2.24, 2.45) is 0 Å². The molecule has 1 spiro atoms. The number of nitriles is 1. The van der Waals surface area contributed by atoms with Gasteiger partial charge in [0.15, 0.2) is 17.3 Å². The zero-order valence-corrected chi connectivity index (χ0v) is 21.6. The molecule has 1 aromatic carbocycles. The highest BCUT2D eigenvalue weighted by Gasteiger charge is 2.46. The van der Waals surface area contributed by atoms with Crippen molar-refractivity contribution in [1.82, 2.24) is 29.6 Å². The Morgan fingerprint density at radius 2 is 1.95 bits per heavy atom. The molecule has 1 aliphatic carbocycles. The molecule has 0 atom stereocenters. The molecule has 0 bridgehead atoms. The van der Waals surface area contributed by atoms with E-state index in [0.717, 1.165) is 38.1 Å². The summed E-state index contributed by atoms with van der Waals surface area (Å²) in [4.78, 5) is 25.7.